The van der Waals surface area contributed by atoms with Crippen LogP contribution in [0.2, 0.25) is 0 Å². The summed E-state index contributed by atoms with van der Waals surface area (Å²) in [6.45, 7) is 8.03. The minimum absolute atomic E-state index is 0.00639. The number of hydrogen-bond donors (Lipinski definition) is 1. The third-order valence-corrected chi connectivity index (χ3v) is 7.45. The molecule has 0 aliphatic carbocycles. The van der Waals surface area contributed by atoms with E-state index in [2.05, 4.69) is 0 Å². The van der Waals surface area contributed by atoms with Crippen molar-refractivity contribution in [1.82, 2.24) is 18.9 Å². The number of fused-ring (bicyclic) bond motifs is 1. The molecule has 0 spiro atoms. The second kappa shape index (κ2) is 9.32. The number of aromatic nitrogens is 2. The van der Waals surface area contributed by atoms with E-state index in [9.17, 15) is 37.5 Å². The molecule has 1 fully saturated rings. The van der Waals surface area contributed by atoms with Gasteiger partial charge < -0.3 is 10.0 Å². The van der Waals surface area contributed by atoms with Crippen LogP contribution in [0.4, 0.5) is 18.0 Å². The third-order valence-electron chi connectivity index (χ3n) is 6.15. The van der Waals surface area contributed by atoms with Gasteiger partial charge in [0.2, 0.25) is 5.91 Å². The molecule has 0 radical (unpaired) electrons. The van der Waals surface area contributed by atoms with Gasteiger partial charge in [-0.3, -0.25) is 23.6 Å². The molecule has 13 heteroatoms. The molecule has 2 aromatic rings. The second-order valence-electron chi connectivity index (χ2n) is 9.63. The van der Waals surface area contributed by atoms with Crippen molar-refractivity contribution >= 4 is 33.6 Å². The van der Waals surface area contributed by atoms with Crippen LogP contribution in [0.3, 0.4) is 0 Å². The molecule has 3 rings (SSSR count). The van der Waals surface area contributed by atoms with E-state index in [4.69, 9.17) is 0 Å². The maximum absolute atomic E-state index is 13.0. The predicted octanol–water partition coefficient (Wildman–Crippen LogP) is 3.38. The summed E-state index contributed by atoms with van der Waals surface area (Å²) in [6.07, 6.45) is -6.83. The molecule has 1 unspecified atom stereocenters. The van der Waals surface area contributed by atoms with Gasteiger partial charge in [0.25, 0.3) is 5.56 Å². The SMILES string of the molecule is CCn1c(=O)c2c(C)c(CN3CC(N(C(=O)O)C(C)(C)C)CC3=O)sc2n(CCC(F)(F)F)c1=O. The van der Waals surface area contributed by atoms with Crippen molar-refractivity contribution in [3.05, 3.63) is 31.3 Å². The van der Waals surface area contributed by atoms with Gasteiger partial charge in [-0.05, 0) is 40.2 Å². The monoisotopic (exact) mass is 518 g/mol. The molecule has 0 aromatic carbocycles. The normalized spacial score (nSPS) is 17.0. The van der Waals surface area contributed by atoms with Gasteiger partial charge in [-0.1, -0.05) is 0 Å². The third kappa shape index (κ3) is 5.24. The van der Waals surface area contributed by atoms with E-state index >= 15 is 0 Å². The molecular weight excluding hydrogens is 489 g/mol. The van der Waals surface area contributed by atoms with Crippen molar-refractivity contribution in [2.24, 2.45) is 0 Å². The van der Waals surface area contributed by atoms with Crippen molar-refractivity contribution in [3.8, 4) is 0 Å². The van der Waals surface area contributed by atoms with Gasteiger partial charge in [0, 0.05) is 36.5 Å². The number of carbonyl (C=O) groups excluding carboxylic acids is 1. The van der Waals surface area contributed by atoms with E-state index in [1.54, 1.807) is 34.6 Å². The molecular formula is C22H29F3N4O5S. The van der Waals surface area contributed by atoms with Gasteiger partial charge in [-0.15, -0.1) is 11.3 Å². The Labute approximate surface area is 203 Å². The number of aryl methyl sites for hydroxylation is 2. The first-order valence-corrected chi connectivity index (χ1v) is 12.0. The molecule has 0 bridgehead atoms. The average Bonchev–Trinajstić information content (AvgIpc) is 3.20. The molecule has 1 atom stereocenters. The summed E-state index contributed by atoms with van der Waals surface area (Å²) in [4.78, 5) is 53.8. The van der Waals surface area contributed by atoms with Crippen LogP contribution in [0.1, 0.15) is 51.0 Å². The largest absolute Gasteiger partial charge is 0.465 e. The number of carboxylic acid groups (broad SMARTS) is 1. The fraction of sp³-hybridized carbons (Fsp3) is 0.636. The van der Waals surface area contributed by atoms with E-state index in [0.29, 0.717) is 10.4 Å². The topological polar surface area (TPSA) is 105 Å². The first kappa shape index (κ1) is 26.8. The number of carbonyl (C=O) groups is 2. The number of halogens is 3. The fourth-order valence-corrected chi connectivity index (χ4v) is 5.88. The van der Waals surface area contributed by atoms with Crippen LogP contribution in [0.25, 0.3) is 10.2 Å². The maximum Gasteiger partial charge on any atom is 0.408 e. The van der Waals surface area contributed by atoms with Crippen LogP contribution in [0, 0.1) is 6.92 Å². The Bertz CT molecular complexity index is 1270. The van der Waals surface area contributed by atoms with E-state index in [1.807, 2.05) is 0 Å². The zero-order valence-corrected chi connectivity index (χ0v) is 21.0. The minimum Gasteiger partial charge on any atom is -0.465 e. The quantitative estimate of drug-likeness (QED) is 0.631. The van der Waals surface area contributed by atoms with E-state index < -0.39 is 48.1 Å². The number of likely N-dealkylation sites (tertiary alicyclic amines) is 1. The first-order chi connectivity index (χ1) is 16.1. The Morgan fingerprint density at radius 2 is 1.80 bits per heavy atom. The van der Waals surface area contributed by atoms with Gasteiger partial charge in [-0.25, -0.2) is 9.59 Å². The van der Waals surface area contributed by atoms with Gasteiger partial charge in [0.15, 0.2) is 0 Å². The maximum atomic E-state index is 13.0. The molecule has 1 N–H and O–H groups in total. The highest BCUT2D eigenvalue weighted by molar-refractivity contribution is 7.18. The lowest BCUT2D eigenvalue weighted by Crippen LogP contribution is -2.52. The number of nitrogens with zero attached hydrogens (tertiary/aromatic N) is 4. The summed E-state index contributed by atoms with van der Waals surface area (Å²) >= 11 is 1.02. The Balaban J connectivity index is 2.02. The number of amides is 2. The Kier molecular flexibility index (Phi) is 7.13. The van der Waals surface area contributed by atoms with Crippen molar-refractivity contribution < 1.29 is 27.9 Å². The van der Waals surface area contributed by atoms with E-state index in [-0.39, 0.29) is 42.2 Å². The number of rotatable bonds is 6. The molecule has 1 saturated heterocycles. The molecule has 2 aromatic heterocycles. The summed E-state index contributed by atoms with van der Waals surface area (Å²) in [5.41, 5.74) is -1.60. The lowest BCUT2D eigenvalue weighted by atomic mass is 10.0. The van der Waals surface area contributed by atoms with Gasteiger partial charge >= 0.3 is 18.0 Å². The molecule has 0 saturated carbocycles. The van der Waals surface area contributed by atoms with Gasteiger partial charge in [0.1, 0.15) is 4.83 Å². The van der Waals surface area contributed by atoms with Gasteiger partial charge in [0.05, 0.1) is 24.4 Å². The van der Waals surface area contributed by atoms with Crippen LogP contribution < -0.4 is 11.2 Å². The summed E-state index contributed by atoms with van der Waals surface area (Å²) < 4.78 is 40.6. The summed E-state index contributed by atoms with van der Waals surface area (Å²) in [5.74, 6) is -0.261. The molecule has 1 aliphatic heterocycles. The summed E-state index contributed by atoms with van der Waals surface area (Å²) in [7, 11) is 0. The van der Waals surface area contributed by atoms with Crippen LogP contribution >= 0.6 is 11.3 Å². The smallest absolute Gasteiger partial charge is 0.408 e. The molecule has 2 amide bonds. The minimum atomic E-state index is -4.48. The Morgan fingerprint density at radius 3 is 2.31 bits per heavy atom. The molecule has 9 nitrogen and oxygen atoms in total. The summed E-state index contributed by atoms with van der Waals surface area (Å²) in [6, 6.07) is -0.558. The Hall–Kier alpha value is -2.83. The number of alkyl halides is 3. The van der Waals surface area contributed by atoms with Crippen LogP contribution in [-0.4, -0.2) is 60.3 Å². The lowest BCUT2D eigenvalue weighted by Gasteiger charge is -2.37. The highest BCUT2D eigenvalue weighted by Gasteiger charge is 2.41. The van der Waals surface area contributed by atoms with E-state index in [0.717, 1.165) is 20.5 Å². The predicted molar refractivity (Wildman–Crippen MR) is 125 cm³/mol. The van der Waals surface area contributed by atoms with Gasteiger partial charge in [-0.2, -0.15) is 13.2 Å². The summed E-state index contributed by atoms with van der Waals surface area (Å²) in [5, 5.41) is 9.83. The second-order valence-corrected chi connectivity index (χ2v) is 10.7. The van der Waals surface area contributed by atoms with Crippen LogP contribution in [0.5, 0.6) is 0 Å². The average molecular weight is 519 g/mol. The molecule has 3 heterocycles. The molecule has 1 aliphatic rings. The van der Waals surface area contributed by atoms with E-state index in [1.165, 1.54) is 9.80 Å². The zero-order valence-electron chi connectivity index (χ0n) is 20.2. The number of hydrogen-bond acceptors (Lipinski definition) is 5. The van der Waals surface area contributed by atoms with Crippen molar-refractivity contribution in [2.45, 2.75) is 84.9 Å². The lowest BCUT2D eigenvalue weighted by molar-refractivity contribution is -0.136. The van der Waals surface area contributed by atoms with Crippen LogP contribution in [-0.2, 0) is 24.4 Å². The first-order valence-electron chi connectivity index (χ1n) is 11.2. The Morgan fingerprint density at radius 1 is 1.17 bits per heavy atom. The highest BCUT2D eigenvalue weighted by Crippen LogP contribution is 2.32. The van der Waals surface area contributed by atoms with Crippen molar-refractivity contribution in [3.63, 3.8) is 0 Å². The standard InChI is InChI=1S/C22H29F3N4O5S/c1-6-27-17(31)16-12(2)14(35-18(16)28(19(27)32)8-7-22(23,24)25)11-26-10-13(9-15(26)30)29(20(33)34)21(3,4)5/h13H,6-11H2,1-5H3,(H,33,34). The molecule has 194 valence electrons. The molecule has 35 heavy (non-hydrogen) atoms. The fourth-order valence-electron chi connectivity index (χ4n) is 4.55. The number of thiophene rings is 1. The van der Waals surface area contributed by atoms with Crippen LogP contribution in [0.15, 0.2) is 9.59 Å². The van der Waals surface area contributed by atoms with Crippen molar-refractivity contribution in [2.75, 3.05) is 6.54 Å². The van der Waals surface area contributed by atoms with Crippen molar-refractivity contribution in [1.29, 1.82) is 0 Å². The highest BCUT2D eigenvalue weighted by atomic mass is 32.1. The zero-order chi connectivity index (χ0) is 26.5.